The highest BCUT2D eigenvalue weighted by molar-refractivity contribution is 7.18. The van der Waals surface area contributed by atoms with Crippen LogP contribution in [0.3, 0.4) is 0 Å². The summed E-state index contributed by atoms with van der Waals surface area (Å²) in [4.78, 5) is 38.0. The molecule has 1 aliphatic rings. The molecule has 1 aliphatic heterocycles. The first kappa shape index (κ1) is 22.3. The molecule has 0 amide bonds. The number of anilines is 1. The summed E-state index contributed by atoms with van der Waals surface area (Å²) in [5.41, 5.74) is 6.36. The molecule has 2 N–H and O–H groups in total. The molecule has 4 heterocycles. The highest BCUT2D eigenvalue weighted by Crippen LogP contribution is 2.25. The van der Waals surface area contributed by atoms with Crippen molar-refractivity contribution < 1.29 is 4.39 Å². The van der Waals surface area contributed by atoms with E-state index in [0.717, 1.165) is 28.7 Å². The van der Waals surface area contributed by atoms with Crippen LogP contribution in [0.15, 0.2) is 27.8 Å². The van der Waals surface area contributed by atoms with Gasteiger partial charge in [-0.1, -0.05) is 5.92 Å². The van der Waals surface area contributed by atoms with Crippen LogP contribution in [-0.2, 0) is 20.1 Å². The predicted molar refractivity (Wildman–Crippen MR) is 131 cm³/mol. The van der Waals surface area contributed by atoms with Crippen molar-refractivity contribution in [1.82, 2.24) is 23.7 Å². The van der Waals surface area contributed by atoms with Gasteiger partial charge in [-0.2, -0.15) is 4.98 Å². The van der Waals surface area contributed by atoms with Gasteiger partial charge in [-0.05, 0) is 31.9 Å². The largest absolute Gasteiger partial charge is 0.341 e. The Morgan fingerprint density at radius 2 is 2.09 bits per heavy atom. The predicted octanol–water partition coefficient (Wildman–Crippen LogP) is 1.64. The number of benzene rings is 1. The molecule has 1 aromatic carbocycles. The van der Waals surface area contributed by atoms with Gasteiger partial charge >= 0.3 is 5.69 Å². The number of rotatable bonds is 4. The van der Waals surface area contributed by atoms with Gasteiger partial charge in [-0.25, -0.2) is 14.2 Å². The van der Waals surface area contributed by atoms with Crippen molar-refractivity contribution in [2.24, 2.45) is 12.8 Å². The third-order valence-corrected chi connectivity index (χ3v) is 7.08. The highest BCUT2D eigenvalue weighted by Gasteiger charge is 2.26. The topological polar surface area (TPSA) is 104 Å². The monoisotopic (exact) mass is 481 g/mol. The zero-order valence-corrected chi connectivity index (χ0v) is 19.7. The third kappa shape index (κ3) is 3.78. The summed E-state index contributed by atoms with van der Waals surface area (Å²) in [6.07, 6.45) is 1.86. The van der Waals surface area contributed by atoms with Crippen molar-refractivity contribution in [1.29, 1.82) is 0 Å². The SMILES string of the molecule is CC#CCn1c(N2CCCC(N)C2)nc2c1c(=O)n(Cc1nc3cc(F)ccc3s1)c(=O)n2C. The van der Waals surface area contributed by atoms with E-state index in [1.165, 1.54) is 28.0 Å². The molecule has 3 aromatic heterocycles. The van der Waals surface area contributed by atoms with Gasteiger partial charge in [-0.3, -0.25) is 18.5 Å². The Hall–Kier alpha value is -3.49. The molecule has 11 heteroatoms. The minimum absolute atomic E-state index is 0.0169. The maximum atomic E-state index is 13.6. The van der Waals surface area contributed by atoms with Crippen molar-refractivity contribution in [3.05, 3.63) is 49.9 Å². The third-order valence-electron chi connectivity index (χ3n) is 6.05. The first-order valence-corrected chi connectivity index (χ1v) is 11.8. The number of hydrogen-bond acceptors (Lipinski definition) is 7. The number of aryl methyl sites for hydroxylation is 1. The van der Waals surface area contributed by atoms with E-state index in [1.54, 1.807) is 24.6 Å². The van der Waals surface area contributed by atoms with Gasteiger partial charge in [0.1, 0.15) is 10.8 Å². The molecule has 1 saturated heterocycles. The normalized spacial score (nSPS) is 16.2. The Bertz CT molecular complexity index is 1590. The fourth-order valence-electron chi connectivity index (χ4n) is 4.39. The summed E-state index contributed by atoms with van der Waals surface area (Å²) < 4.78 is 18.7. The lowest BCUT2D eigenvalue weighted by atomic mass is 10.1. The van der Waals surface area contributed by atoms with Crippen LogP contribution in [0.5, 0.6) is 0 Å². The lowest BCUT2D eigenvalue weighted by Crippen LogP contribution is -2.44. The average molecular weight is 482 g/mol. The second kappa shape index (κ2) is 8.70. The Kier molecular flexibility index (Phi) is 5.71. The van der Waals surface area contributed by atoms with E-state index in [2.05, 4.69) is 21.7 Å². The number of imidazole rings is 1. The first-order valence-electron chi connectivity index (χ1n) is 11.0. The van der Waals surface area contributed by atoms with Crippen LogP contribution in [0.25, 0.3) is 21.4 Å². The van der Waals surface area contributed by atoms with Crippen molar-refractivity contribution in [2.45, 2.75) is 38.9 Å². The van der Waals surface area contributed by atoms with E-state index < -0.39 is 11.2 Å². The molecule has 0 saturated carbocycles. The number of thiazole rings is 1. The molecule has 176 valence electrons. The molecule has 4 aromatic rings. The lowest BCUT2D eigenvalue weighted by molar-refractivity contribution is 0.496. The number of nitrogens with zero attached hydrogens (tertiary/aromatic N) is 6. The number of piperidine rings is 1. The van der Waals surface area contributed by atoms with Crippen molar-refractivity contribution in [3.8, 4) is 11.8 Å². The minimum Gasteiger partial charge on any atom is -0.341 e. The molecule has 1 atom stereocenters. The van der Waals surface area contributed by atoms with E-state index in [-0.39, 0.29) is 24.9 Å². The molecule has 1 unspecified atom stereocenters. The second-order valence-electron chi connectivity index (χ2n) is 8.40. The summed E-state index contributed by atoms with van der Waals surface area (Å²) in [5.74, 6) is 6.10. The maximum Gasteiger partial charge on any atom is 0.332 e. The van der Waals surface area contributed by atoms with Gasteiger partial charge in [0, 0.05) is 32.2 Å². The van der Waals surface area contributed by atoms with Crippen LogP contribution in [0.4, 0.5) is 10.3 Å². The van der Waals surface area contributed by atoms with E-state index in [1.807, 2.05) is 0 Å². The highest BCUT2D eigenvalue weighted by atomic mass is 32.1. The molecule has 9 nitrogen and oxygen atoms in total. The van der Waals surface area contributed by atoms with E-state index in [0.29, 0.717) is 34.2 Å². The van der Waals surface area contributed by atoms with Crippen LogP contribution < -0.4 is 21.9 Å². The van der Waals surface area contributed by atoms with Crippen LogP contribution in [0.2, 0.25) is 0 Å². The number of halogens is 1. The second-order valence-corrected chi connectivity index (χ2v) is 9.51. The Morgan fingerprint density at radius 3 is 2.85 bits per heavy atom. The van der Waals surface area contributed by atoms with Crippen LogP contribution >= 0.6 is 11.3 Å². The van der Waals surface area contributed by atoms with Gasteiger partial charge < -0.3 is 10.6 Å². The quantitative estimate of drug-likeness (QED) is 0.445. The van der Waals surface area contributed by atoms with Gasteiger partial charge in [0.25, 0.3) is 5.56 Å². The van der Waals surface area contributed by atoms with E-state index in [4.69, 9.17) is 10.7 Å². The molecule has 0 spiro atoms. The van der Waals surface area contributed by atoms with Crippen LogP contribution in [-0.4, -0.2) is 42.8 Å². The molecular weight excluding hydrogens is 457 g/mol. The smallest absolute Gasteiger partial charge is 0.332 e. The van der Waals surface area contributed by atoms with Crippen molar-refractivity contribution in [3.63, 3.8) is 0 Å². The lowest BCUT2D eigenvalue weighted by Gasteiger charge is -2.31. The molecule has 34 heavy (non-hydrogen) atoms. The zero-order valence-electron chi connectivity index (χ0n) is 18.9. The van der Waals surface area contributed by atoms with Crippen LogP contribution in [0, 0.1) is 17.7 Å². The first-order chi connectivity index (χ1) is 16.4. The maximum absolute atomic E-state index is 13.6. The van der Waals surface area contributed by atoms with Gasteiger partial charge in [0.15, 0.2) is 11.2 Å². The number of hydrogen-bond donors (Lipinski definition) is 1. The number of fused-ring (bicyclic) bond motifs is 2. The van der Waals surface area contributed by atoms with E-state index in [9.17, 15) is 14.0 Å². The summed E-state index contributed by atoms with van der Waals surface area (Å²) in [5, 5.41) is 0.542. The number of nitrogens with two attached hydrogens (primary N) is 1. The minimum atomic E-state index is -0.490. The van der Waals surface area contributed by atoms with Gasteiger partial charge in [-0.15, -0.1) is 17.3 Å². The van der Waals surface area contributed by atoms with Crippen molar-refractivity contribution in [2.75, 3.05) is 18.0 Å². The summed E-state index contributed by atoms with van der Waals surface area (Å²) >= 11 is 1.32. The molecule has 5 rings (SSSR count). The Balaban J connectivity index is 1.67. The summed E-state index contributed by atoms with van der Waals surface area (Å²) in [6, 6.07) is 4.36. The Morgan fingerprint density at radius 1 is 1.26 bits per heavy atom. The van der Waals surface area contributed by atoms with Crippen LogP contribution in [0.1, 0.15) is 24.8 Å². The molecular formula is C23H24FN7O2S. The molecule has 0 radical (unpaired) electrons. The van der Waals surface area contributed by atoms with E-state index >= 15 is 0 Å². The fourth-order valence-corrected chi connectivity index (χ4v) is 5.33. The van der Waals surface area contributed by atoms with Gasteiger partial charge in [0.05, 0.1) is 23.3 Å². The average Bonchev–Trinajstić information content (AvgIpc) is 3.40. The standard InChI is InChI=1S/C23H24FN7O2S/c1-3-4-10-30-19-20(27-22(30)29-9-5-6-15(25)12-29)28(2)23(33)31(21(19)32)13-18-26-16-11-14(24)7-8-17(16)34-18/h7-8,11,15H,5-6,9-10,12-13,25H2,1-2H3. The molecule has 0 aliphatic carbocycles. The summed E-state index contributed by atoms with van der Waals surface area (Å²) in [7, 11) is 1.60. The molecule has 0 bridgehead atoms. The zero-order chi connectivity index (χ0) is 24.0. The summed E-state index contributed by atoms with van der Waals surface area (Å²) in [6.45, 7) is 3.37. The molecule has 1 fully saturated rings. The Labute approximate surface area is 198 Å². The van der Waals surface area contributed by atoms with Crippen molar-refractivity contribution >= 4 is 38.7 Å². The van der Waals surface area contributed by atoms with Gasteiger partial charge in [0.2, 0.25) is 5.95 Å². The fraction of sp³-hybridized carbons (Fsp3) is 0.391. The number of aromatic nitrogens is 5.